The first-order valence-corrected chi connectivity index (χ1v) is 13.5. The minimum Gasteiger partial charge on any atom is -0.406 e. The number of hydrogen-bond donors (Lipinski definition) is 3. The second kappa shape index (κ2) is 13.0. The molecule has 3 aromatic rings. The van der Waals surface area contributed by atoms with Crippen LogP contribution in [0.3, 0.4) is 0 Å². The molecule has 1 saturated heterocycles. The van der Waals surface area contributed by atoms with Crippen LogP contribution in [0.25, 0.3) is 5.69 Å². The van der Waals surface area contributed by atoms with Crippen molar-refractivity contribution in [3.8, 4) is 11.4 Å². The van der Waals surface area contributed by atoms with Crippen molar-refractivity contribution in [1.82, 2.24) is 25.4 Å². The second-order valence-electron chi connectivity index (χ2n) is 9.83. The van der Waals surface area contributed by atoms with Crippen molar-refractivity contribution < 1.29 is 22.7 Å². The third kappa shape index (κ3) is 8.31. The van der Waals surface area contributed by atoms with Crippen molar-refractivity contribution in [2.45, 2.75) is 45.4 Å². The van der Waals surface area contributed by atoms with Gasteiger partial charge >= 0.3 is 12.4 Å². The Morgan fingerprint density at radius 1 is 1.12 bits per heavy atom. The van der Waals surface area contributed by atoms with Gasteiger partial charge in [0.25, 0.3) is 0 Å². The molecular formula is C27H32F3N7O2S. The largest absolute Gasteiger partial charge is 0.573 e. The van der Waals surface area contributed by atoms with Crippen LogP contribution in [0.4, 0.5) is 29.6 Å². The van der Waals surface area contributed by atoms with Crippen LogP contribution in [0.1, 0.15) is 44.6 Å². The van der Waals surface area contributed by atoms with Crippen molar-refractivity contribution in [3.05, 3.63) is 60.4 Å². The predicted octanol–water partition coefficient (Wildman–Crippen LogP) is 5.59. The highest BCUT2D eigenvalue weighted by Crippen LogP contribution is 2.26. The highest BCUT2D eigenvalue weighted by Gasteiger charge is 2.31. The average Bonchev–Trinajstić information content (AvgIpc) is 3.39. The van der Waals surface area contributed by atoms with Gasteiger partial charge in [-0.05, 0) is 79.2 Å². The number of hydrogen-bond acceptors (Lipinski definition) is 6. The first kappa shape index (κ1) is 29.1. The number of piperidine rings is 1. The number of anilines is 2. The first-order chi connectivity index (χ1) is 19.1. The molecular weight excluding hydrogens is 543 g/mol. The van der Waals surface area contributed by atoms with Crippen molar-refractivity contribution in [2.24, 2.45) is 5.92 Å². The van der Waals surface area contributed by atoms with E-state index in [4.69, 9.17) is 12.2 Å². The molecule has 0 saturated carbocycles. The molecule has 1 aliphatic rings. The Labute approximate surface area is 236 Å². The normalized spacial score (nSPS) is 14.2. The third-order valence-electron chi connectivity index (χ3n) is 6.61. The maximum Gasteiger partial charge on any atom is 0.573 e. The topological polar surface area (TPSA) is 96.3 Å². The summed E-state index contributed by atoms with van der Waals surface area (Å²) in [4.78, 5) is 18.7. The van der Waals surface area contributed by atoms with Gasteiger partial charge in [-0.3, -0.25) is 5.32 Å². The zero-order valence-corrected chi connectivity index (χ0v) is 23.1. The smallest absolute Gasteiger partial charge is 0.406 e. The lowest BCUT2D eigenvalue weighted by molar-refractivity contribution is -0.274. The third-order valence-corrected chi connectivity index (χ3v) is 6.81. The maximum absolute atomic E-state index is 12.4. The van der Waals surface area contributed by atoms with E-state index in [1.165, 1.54) is 35.3 Å². The molecule has 0 atom stereocenters. The van der Waals surface area contributed by atoms with Crippen molar-refractivity contribution >= 4 is 35.0 Å². The number of carbonyl (C=O) groups is 1. The Bertz CT molecular complexity index is 1290. The number of urea groups is 1. The Morgan fingerprint density at radius 2 is 1.82 bits per heavy atom. The molecule has 2 amide bonds. The first-order valence-electron chi connectivity index (χ1n) is 13.0. The van der Waals surface area contributed by atoms with Crippen LogP contribution >= 0.6 is 12.2 Å². The van der Waals surface area contributed by atoms with Gasteiger partial charge in [-0.1, -0.05) is 32.0 Å². The summed E-state index contributed by atoms with van der Waals surface area (Å²) in [7, 11) is 0. The van der Waals surface area contributed by atoms with Gasteiger partial charge in [0, 0.05) is 25.3 Å². The predicted molar refractivity (Wildman–Crippen MR) is 151 cm³/mol. The van der Waals surface area contributed by atoms with Crippen LogP contribution in [0, 0.1) is 5.92 Å². The number of rotatable bonds is 8. The van der Waals surface area contributed by atoms with Crippen LogP contribution in [0.5, 0.6) is 5.75 Å². The molecule has 0 aliphatic carbocycles. The highest BCUT2D eigenvalue weighted by molar-refractivity contribution is 7.80. The quantitative estimate of drug-likeness (QED) is 0.301. The molecule has 0 bridgehead atoms. The number of ether oxygens (including phenoxy) is 1. The van der Waals surface area contributed by atoms with Gasteiger partial charge in [-0.2, -0.15) is 4.98 Å². The molecule has 0 radical (unpaired) electrons. The minimum atomic E-state index is -4.73. The average molecular weight is 576 g/mol. The molecule has 0 unspecified atom stereocenters. The van der Waals surface area contributed by atoms with Crippen LogP contribution < -0.4 is 25.6 Å². The summed E-state index contributed by atoms with van der Waals surface area (Å²) < 4.78 is 42.5. The Hall–Kier alpha value is -3.87. The fraction of sp³-hybridized carbons (Fsp3) is 0.407. The molecule has 1 aliphatic heterocycles. The molecule has 40 heavy (non-hydrogen) atoms. The molecule has 214 valence electrons. The number of halogens is 3. The summed E-state index contributed by atoms with van der Waals surface area (Å²) in [6.07, 6.45) is -0.515. The summed E-state index contributed by atoms with van der Waals surface area (Å²) in [5.41, 5.74) is 2.57. The number of benzene rings is 2. The number of carbonyl (C=O) groups excluding carboxylic acids is 1. The molecule has 1 aromatic heterocycles. The standard InChI is InChI=1S/C27H32F3N7O2S/c1-18(2)22-5-3-4-6-23(22)33-26(40)34-25(38)31-14-11-19-12-15-36(16-13-19)24-32-17-37(35-24)20-7-9-21(10-8-20)39-27(28,29)30/h3-10,17-19H,11-16H2,1-2H3,(H3,31,33,34,38,40). The van der Waals surface area contributed by atoms with Gasteiger partial charge in [0.05, 0.1) is 5.69 Å². The number of nitrogens with zero attached hydrogens (tertiary/aromatic N) is 4. The summed E-state index contributed by atoms with van der Waals surface area (Å²) in [5.74, 6) is 1.03. The number of nitrogens with one attached hydrogen (secondary N) is 3. The van der Waals surface area contributed by atoms with Crippen LogP contribution in [0.2, 0.25) is 0 Å². The molecule has 2 aromatic carbocycles. The molecule has 9 nitrogen and oxygen atoms in total. The number of amides is 2. The second-order valence-corrected chi connectivity index (χ2v) is 10.2. The zero-order chi connectivity index (χ0) is 28.7. The Morgan fingerprint density at radius 3 is 2.50 bits per heavy atom. The van der Waals surface area contributed by atoms with Crippen molar-refractivity contribution in [1.29, 1.82) is 0 Å². The van der Waals surface area contributed by atoms with E-state index in [0.29, 0.717) is 30.0 Å². The van der Waals surface area contributed by atoms with Gasteiger partial charge in [-0.25, -0.2) is 9.48 Å². The molecule has 13 heteroatoms. The van der Waals surface area contributed by atoms with Gasteiger partial charge in [0.2, 0.25) is 5.95 Å². The van der Waals surface area contributed by atoms with E-state index < -0.39 is 6.36 Å². The summed E-state index contributed by atoms with van der Waals surface area (Å²) in [6.45, 7) is 6.26. The van der Waals surface area contributed by atoms with E-state index in [2.05, 4.69) is 49.5 Å². The summed E-state index contributed by atoms with van der Waals surface area (Å²) >= 11 is 5.30. The number of alkyl halides is 3. The maximum atomic E-state index is 12.4. The molecule has 2 heterocycles. The van der Waals surface area contributed by atoms with Gasteiger partial charge in [0.15, 0.2) is 5.11 Å². The van der Waals surface area contributed by atoms with Crippen LogP contribution in [-0.2, 0) is 0 Å². The molecule has 0 spiro atoms. The van der Waals surface area contributed by atoms with E-state index in [9.17, 15) is 18.0 Å². The van der Waals surface area contributed by atoms with Crippen LogP contribution in [0.15, 0.2) is 54.9 Å². The molecule has 4 rings (SSSR count). The van der Waals surface area contributed by atoms with Crippen molar-refractivity contribution in [2.75, 3.05) is 29.9 Å². The number of aromatic nitrogens is 3. The lowest BCUT2D eigenvalue weighted by atomic mass is 9.94. The van der Waals surface area contributed by atoms with E-state index in [1.54, 1.807) is 0 Å². The Balaban J connectivity index is 1.17. The van der Waals surface area contributed by atoms with Gasteiger partial charge in [-0.15, -0.1) is 18.3 Å². The van der Waals surface area contributed by atoms with Gasteiger partial charge in [0.1, 0.15) is 12.1 Å². The van der Waals surface area contributed by atoms with Gasteiger partial charge < -0.3 is 20.3 Å². The summed E-state index contributed by atoms with van der Waals surface area (Å²) in [5, 5.41) is 13.4. The number of para-hydroxylation sites is 1. The Kier molecular flexibility index (Phi) is 9.46. The van der Waals surface area contributed by atoms with E-state index in [0.717, 1.165) is 43.6 Å². The van der Waals surface area contributed by atoms with E-state index in [-0.39, 0.29) is 16.9 Å². The monoisotopic (exact) mass is 575 g/mol. The van der Waals surface area contributed by atoms with E-state index in [1.807, 2.05) is 24.3 Å². The van der Waals surface area contributed by atoms with Crippen LogP contribution in [-0.4, -0.2) is 51.9 Å². The molecule has 1 fully saturated rings. The fourth-order valence-electron chi connectivity index (χ4n) is 4.55. The summed E-state index contributed by atoms with van der Waals surface area (Å²) in [6, 6.07) is 13.0. The number of thiocarbonyl (C=S) groups is 1. The molecule has 3 N–H and O–H groups in total. The fourth-order valence-corrected chi connectivity index (χ4v) is 4.75. The lowest BCUT2D eigenvalue weighted by Gasteiger charge is -2.31. The SMILES string of the molecule is CC(C)c1ccccc1NC(=S)NC(=O)NCCC1CCN(c2ncn(-c3ccc(OC(F)(F)F)cc3)n2)CC1. The lowest BCUT2D eigenvalue weighted by Crippen LogP contribution is -2.42. The zero-order valence-electron chi connectivity index (χ0n) is 22.2. The van der Waals surface area contributed by atoms with Crippen molar-refractivity contribution in [3.63, 3.8) is 0 Å². The minimum absolute atomic E-state index is 0.247. The highest BCUT2D eigenvalue weighted by atomic mass is 32.1. The van der Waals surface area contributed by atoms with E-state index >= 15 is 0 Å².